The summed E-state index contributed by atoms with van der Waals surface area (Å²) in [5, 5.41) is 27.0. The summed E-state index contributed by atoms with van der Waals surface area (Å²) in [6.07, 6.45) is 3.55. The van der Waals surface area contributed by atoms with Crippen LogP contribution in [0.3, 0.4) is 0 Å². The molecule has 4 aromatic rings. The number of aliphatic hydroxyl groups excluding tert-OH is 2. The van der Waals surface area contributed by atoms with Crippen LogP contribution in [0, 0.1) is 0 Å². The molecule has 3 aromatic heterocycles. The van der Waals surface area contributed by atoms with Crippen molar-refractivity contribution in [1.82, 2.24) is 24.5 Å². The Morgan fingerprint density at radius 3 is 2.97 bits per heavy atom. The van der Waals surface area contributed by atoms with Crippen molar-refractivity contribution in [1.29, 1.82) is 0 Å². The van der Waals surface area contributed by atoms with Gasteiger partial charge in [0.25, 0.3) is 0 Å². The fourth-order valence-electron chi connectivity index (χ4n) is 3.81. The van der Waals surface area contributed by atoms with Gasteiger partial charge in [0, 0.05) is 30.2 Å². The highest BCUT2D eigenvalue weighted by atomic mass is 16.5. The van der Waals surface area contributed by atoms with Gasteiger partial charge < -0.3 is 25.6 Å². The molecule has 0 radical (unpaired) electrons. The van der Waals surface area contributed by atoms with Gasteiger partial charge in [0.15, 0.2) is 17.0 Å². The third kappa shape index (κ3) is 3.75. The topological polar surface area (TPSA) is 130 Å². The standard InChI is InChI=1S/C22H23N7O3/c1-2-7-24-20-19-21(29(12-25-19)18-10-16(31)17(11-30)32-18)28-22(27-20)26-14-5-6-15-13(9-14)4-3-8-23-15/h2-6,8-9,12,16-18,30-31H,1,7,10-11H2,(H2,24,26,27,28). The highest BCUT2D eigenvalue weighted by molar-refractivity contribution is 5.86. The van der Waals surface area contributed by atoms with E-state index in [-0.39, 0.29) is 6.61 Å². The van der Waals surface area contributed by atoms with Gasteiger partial charge in [-0.05, 0) is 24.3 Å². The maximum absolute atomic E-state index is 10.1. The molecular formula is C22H23N7O3. The van der Waals surface area contributed by atoms with Crippen molar-refractivity contribution in [2.24, 2.45) is 0 Å². The van der Waals surface area contributed by atoms with Crippen molar-refractivity contribution < 1.29 is 14.9 Å². The molecule has 3 unspecified atom stereocenters. The Labute approximate surface area is 183 Å². The van der Waals surface area contributed by atoms with E-state index in [1.165, 1.54) is 0 Å². The van der Waals surface area contributed by atoms with Crippen molar-refractivity contribution >= 4 is 39.5 Å². The van der Waals surface area contributed by atoms with E-state index in [0.29, 0.717) is 35.9 Å². The average molecular weight is 433 g/mol. The maximum atomic E-state index is 10.1. The zero-order valence-electron chi connectivity index (χ0n) is 17.2. The Morgan fingerprint density at radius 2 is 2.16 bits per heavy atom. The number of benzene rings is 1. The summed E-state index contributed by atoms with van der Waals surface area (Å²) >= 11 is 0. The Hall–Kier alpha value is -3.60. The molecule has 32 heavy (non-hydrogen) atoms. The van der Waals surface area contributed by atoms with E-state index < -0.39 is 18.4 Å². The van der Waals surface area contributed by atoms with Crippen LogP contribution >= 0.6 is 0 Å². The second kappa shape index (κ2) is 8.50. The van der Waals surface area contributed by atoms with Gasteiger partial charge in [-0.1, -0.05) is 12.1 Å². The molecule has 10 heteroatoms. The van der Waals surface area contributed by atoms with Crippen LogP contribution in [0.25, 0.3) is 22.1 Å². The van der Waals surface area contributed by atoms with E-state index in [1.54, 1.807) is 23.2 Å². The number of aliphatic hydroxyl groups is 2. The van der Waals surface area contributed by atoms with Gasteiger partial charge in [0.05, 0.1) is 24.6 Å². The van der Waals surface area contributed by atoms with E-state index in [4.69, 9.17) is 4.74 Å². The predicted molar refractivity (Wildman–Crippen MR) is 121 cm³/mol. The molecule has 164 valence electrons. The summed E-state index contributed by atoms with van der Waals surface area (Å²) in [6.45, 7) is 4.00. The van der Waals surface area contributed by atoms with Crippen LogP contribution in [0.4, 0.5) is 17.5 Å². The summed E-state index contributed by atoms with van der Waals surface area (Å²) in [7, 11) is 0. The number of ether oxygens (including phenoxy) is 1. The van der Waals surface area contributed by atoms with Gasteiger partial charge >= 0.3 is 0 Å². The lowest BCUT2D eigenvalue weighted by atomic mass is 10.2. The van der Waals surface area contributed by atoms with Gasteiger partial charge in [0.2, 0.25) is 5.95 Å². The fraction of sp³-hybridized carbons (Fsp3) is 0.273. The first-order chi connectivity index (χ1) is 15.7. The van der Waals surface area contributed by atoms with Crippen molar-refractivity contribution in [2.45, 2.75) is 24.9 Å². The molecule has 1 aromatic carbocycles. The molecule has 1 fully saturated rings. The van der Waals surface area contributed by atoms with Gasteiger partial charge in [0.1, 0.15) is 12.3 Å². The molecule has 0 aliphatic carbocycles. The van der Waals surface area contributed by atoms with Crippen molar-refractivity contribution in [3.05, 3.63) is 55.5 Å². The van der Waals surface area contributed by atoms with Gasteiger partial charge in [-0.2, -0.15) is 9.97 Å². The summed E-state index contributed by atoms with van der Waals surface area (Å²) < 4.78 is 7.56. The Kier molecular flexibility index (Phi) is 5.39. The van der Waals surface area contributed by atoms with Crippen LogP contribution in [0.2, 0.25) is 0 Å². The molecule has 5 rings (SSSR count). The minimum Gasteiger partial charge on any atom is -0.394 e. The fourth-order valence-corrected chi connectivity index (χ4v) is 3.81. The highest BCUT2D eigenvalue weighted by Crippen LogP contribution is 2.32. The van der Waals surface area contributed by atoms with Crippen LogP contribution < -0.4 is 10.6 Å². The molecule has 0 spiro atoms. The highest BCUT2D eigenvalue weighted by Gasteiger charge is 2.35. The maximum Gasteiger partial charge on any atom is 0.231 e. The summed E-state index contributed by atoms with van der Waals surface area (Å²) in [4.78, 5) is 18.1. The number of hydrogen-bond donors (Lipinski definition) is 4. The normalized spacial score (nSPS) is 20.6. The zero-order valence-corrected chi connectivity index (χ0v) is 17.2. The Balaban J connectivity index is 1.53. The smallest absolute Gasteiger partial charge is 0.231 e. The van der Waals surface area contributed by atoms with E-state index >= 15 is 0 Å². The summed E-state index contributed by atoms with van der Waals surface area (Å²) in [5.41, 5.74) is 2.84. The quantitative estimate of drug-likeness (QED) is 0.324. The van der Waals surface area contributed by atoms with E-state index in [2.05, 4.69) is 37.1 Å². The number of fused-ring (bicyclic) bond motifs is 2. The molecule has 0 saturated carbocycles. The lowest BCUT2D eigenvalue weighted by molar-refractivity contribution is -0.0432. The van der Waals surface area contributed by atoms with Crippen molar-refractivity contribution in [2.75, 3.05) is 23.8 Å². The lowest BCUT2D eigenvalue weighted by Gasteiger charge is -2.15. The Morgan fingerprint density at radius 1 is 1.25 bits per heavy atom. The van der Waals surface area contributed by atoms with Crippen molar-refractivity contribution in [3.63, 3.8) is 0 Å². The monoisotopic (exact) mass is 433 g/mol. The SMILES string of the molecule is C=CCNc1nc(Nc2ccc3ncccc3c2)nc2c1ncn2C1CC(O)C(CO)O1. The molecule has 1 aliphatic heterocycles. The summed E-state index contributed by atoms with van der Waals surface area (Å²) in [5.74, 6) is 0.933. The number of pyridine rings is 1. The first-order valence-corrected chi connectivity index (χ1v) is 10.3. The number of nitrogens with zero attached hydrogens (tertiary/aromatic N) is 5. The molecule has 1 saturated heterocycles. The summed E-state index contributed by atoms with van der Waals surface area (Å²) in [6, 6.07) is 9.70. The number of imidazole rings is 1. The lowest BCUT2D eigenvalue weighted by Crippen LogP contribution is -2.24. The van der Waals surface area contributed by atoms with Crippen LogP contribution in [0.1, 0.15) is 12.6 Å². The van der Waals surface area contributed by atoms with Crippen LogP contribution in [0.15, 0.2) is 55.5 Å². The third-order valence-corrected chi connectivity index (χ3v) is 5.39. The van der Waals surface area contributed by atoms with E-state index in [1.807, 2.05) is 30.3 Å². The molecular weight excluding hydrogens is 410 g/mol. The second-order valence-corrected chi connectivity index (χ2v) is 7.54. The van der Waals surface area contributed by atoms with E-state index in [9.17, 15) is 10.2 Å². The molecule has 10 nitrogen and oxygen atoms in total. The largest absolute Gasteiger partial charge is 0.394 e. The van der Waals surface area contributed by atoms with Gasteiger partial charge in [-0.3, -0.25) is 9.55 Å². The van der Waals surface area contributed by atoms with E-state index in [0.717, 1.165) is 16.6 Å². The number of hydrogen-bond acceptors (Lipinski definition) is 9. The molecule has 0 amide bonds. The first-order valence-electron chi connectivity index (χ1n) is 10.3. The average Bonchev–Trinajstić information content (AvgIpc) is 3.40. The zero-order chi connectivity index (χ0) is 22.1. The molecule has 4 N–H and O–H groups in total. The van der Waals surface area contributed by atoms with Gasteiger partial charge in [-0.25, -0.2) is 4.98 Å². The minimum absolute atomic E-state index is 0.255. The van der Waals surface area contributed by atoms with Crippen molar-refractivity contribution in [3.8, 4) is 0 Å². The van der Waals surface area contributed by atoms with Gasteiger partial charge in [-0.15, -0.1) is 6.58 Å². The first kappa shape index (κ1) is 20.3. The second-order valence-electron chi connectivity index (χ2n) is 7.54. The minimum atomic E-state index is -0.758. The molecule has 0 bridgehead atoms. The number of aromatic nitrogens is 5. The van der Waals surface area contributed by atoms with Crippen LogP contribution in [-0.2, 0) is 4.74 Å². The number of anilines is 3. The van der Waals surface area contributed by atoms with Crippen LogP contribution in [-0.4, -0.2) is 60.1 Å². The predicted octanol–water partition coefficient (Wildman–Crippen LogP) is 2.36. The Bertz CT molecular complexity index is 1280. The molecule has 3 atom stereocenters. The third-order valence-electron chi connectivity index (χ3n) is 5.39. The van der Waals surface area contributed by atoms with Crippen LogP contribution in [0.5, 0.6) is 0 Å². The molecule has 1 aliphatic rings. The number of nitrogens with one attached hydrogen (secondary N) is 2. The molecule has 4 heterocycles. The number of rotatable bonds is 7.